The molecule has 61 heavy (non-hydrogen) atoms. The second kappa shape index (κ2) is 13.7. The number of benzene rings is 10. The summed E-state index contributed by atoms with van der Waals surface area (Å²) in [6.45, 7) is 4.75. The van der Waals surface area contributed by atoms with E-state index in [-0.39, 0.29) is 5.41 Å². The molecule has 11 aromatic rings. The van der Waals surface area contributed by atoms with E-state index >= 15 is 0 Å². The molecule has 286 valence electrons. The van der Waals surface area contributed by atoms with Crippen molar-refractivity contribution >= 4 is 43.1 Å². The summed E-state index contributed by atoms with van der Waals surface area (Å²) < 4.78 is 0. The minimum Gasteiger partial charge on any atom is -0.228 e. The SMILES string of the molecule is CC1(C)c2cccc(-c3ccc(-c4ccc(-c5nc(-c6ccccc6)cc(-c6cccc7ccccc67)n5)c5ccccc45)c4ccccc34)c2-c2c1ccc1ccccc21. The number of hydrogen-bond donors (Lipinski definition) is 0. The molecule has 0 atom stereocenters. The highest BCUT2D eigenvalue weighted by atomic mass is 14.9. The van der Waals surface area contributed by atoms with Crippen LogP contribution in [0.2, 0.25) is 0 Å². The molecule has 0 radical (unpaired) electrons. The zero-order valence-corrected chi connectivity index (χ0v) is 34.0. The van der Waals surface area contributed by atoms with Crippen molar-refractivity contribution in [3.63, 3.8) is 0 Å². The average molecular weight is 777 g/mol. The molecule has 1 heterocycles. The summed E-state index contributed by atoms with van der Waals surface area (Å²) in [6.07, 6.45) is 0. The van der Waals surface area contributed by atoms with E-state index in [1.165, 1.54) is 82.2 Å². The van der Waals surface area contributed by atoms with Crippen molar-refractivity contribution in [2.75, 3.05) is 0 Å². The van der Waals surface area contributed by atoms with Crippen LogP contribution in [0.15, 0.2) is 206 Å². The summed E-state index contributed by atoms with van der Waals surface area (Å²) >= 11 is 0. The molecule has 0 amide bonds. The van der Waals surface area contributed by atoms with Crippen LogP contribution in [-0.4, -0.2) is 9.97 Å². The lowest BCUT2D eigenvalue weighted by Gasteiger charge is -2.22. The highest BCUT2D eigenvalue weighted by Gasteiger charge is 2.38. The molecule has 0 unspecified atom stereocenters. The van der Waals surface area contributed by atoms with Crippen molar-refractivity contribution in [1.29, 1.82) is 0 Å². The van der Waals surface area contributed by atoms with Crippen LogP contribution in [0.4, 0.5) is 0 Å². The zero-order chi connectivity index (χ0) is 40.7. The molecule has 0 spiro atoms. The lowest BCUT2D eigenvalue weighted by atomic mass is 9.81. The highest BCUT2D eigenvalue weighted by Crippen LogP contribution is 2.55. The Hall–Kier alpha value is -7.68. The Balaban J connectivity index is 1.05. The lowest BCUT2D eigenvalue weighted by molar-refractivity contribution is 0.661. The van der Waals surface area contributed by atoms with Gasteiger partial charge in [0.2, 0.25) is 0 Å². The first kappa shape index (κ1) is 35.3. The lowest BCUT2D eigenvalue weighted by Crippen LogP contribution is -2.14. The van der Waals surface area contributed by atoms with Gasteiger partial charge in [-0.15, -0.1) is 0 Å². The van der Waals surface area contributed by atoms with Gasteiger partial charge >= 0.3 is 0 Å². The molecular weight excluding hydrogens is 737 g/mol. The fourth-order valence-electron chi connectivity index (χ4n) is 10.2. The van der Waals surface area contributed by atoms with E-state index in [0.29, 0.717) is 5.82 Å². The van der Waals surface area contributed by atoms with Crippen LogP contribution >= 0.6 is 0 Å². The fourth-order valence-corrected chi connectivity index (χ4v) is 10.2. The van der Waals surface area contributed by atoms with Crippen molar-refractivity contribution in [3.8, 4) is 67.3 Å². The Morgan fingerprint density at radius 2 is 0.787 bits per heavy atom. The number of fused-ring (bicyclic) bond motifs is 8. The van der Waals surface area contributed by atoms with Crippen LogP contribution in [-0.2, 0) is 5.41 Å². The third kappa shape index (κ3) is 5.49. The van der Waals surface area contributed by atoms with Gasteiger partial charge in [0.05, 0.1) is 11.4 Å². The average Bonchev–Trinajstić information content (AvgIpc) is 3.57. The molecule has 0 fully saturated rings. The summed E-state index contributed by atoms with van der Waals surface area (Å²) in [6, 6.07) is 74.8. The molecule has 0 N–H and O–H groups in total. The van der Waals surface area contributed by atoms with Crippen molar-refractivity contribution < 1.29 is 0 Å². The van der Waals surface area contributed by atoms with Crippen molar-refractivity contribution in [2.24, 2.45) is 0 Å². The van der Waals surface area contributed by atoms with Gasteiger partial charge in [0, 0.05) is 22.1 Å². The Morgan fingerprint density at radius 3 is 1.48 bits per heavy atom. The minimum atomic E-state index is -0.110. The topological polar surface area (TPSA) is 25.8 Å². The number of rotatable bonds is 5. The highest BCUT2D eigenvalue weighted by molar-refractivity contribution is 6.14. The van der Waals surface area contributed by atoms with Gasteiger partial charge in [-0.25, -0.2) is 9.97 Å². The van der Waals surface area contributed by atoms with Gasteiger partial charge in [-0.3, -0.25) is 0 Å². The number of nitrogens with zero attached hydrogens (tertiary/aromatic N) is 2. The van der Waals surface area contributed by atoms with Gasteiger partial charge in [-0.2, -0.15) is 0 Å². The maximum atomic E-state index is 5.36. The number of hydrogen-bond acceptors (Lipinski definition) is 2. The first-order valence-corrected chi connectivity index (χ1v) is 21.2. The second-order valence-corrected chi connectivity index (χ2v) is 16.8. The van der Waals surface area contributed by atoms with Gasteiger partial charge in [-0.05, 0) is 99.7 Å². The normalized spacial score (nSPS) is 12.9. The Kier molecular flexibility index (Phi) is 7.92. The third-order valence-corrected chi connectivity index (χ3v) is 13.1. The summed E-state index contributed by atoms with van der Waals surface area (Å²) in [4.78, 5) is 10.6. The van der Waals surface area contributed by atoms with Crippen LogP contribution in [0.5, 0.6) is 0 Å². The van der Waals surface area contributed by atoms with Crippen LogP contribution < -0.4 is 0 Å². The largest absolute Gasteiger partial charge is 0.228 e. The first-order valence-electron chi connectivity index (χ1n) is 21.2. The third-order valence-electron chi connectivity index (χ3n) is 13.1. The smallest absolute Gasteiger partial charge is 0.161 e. The van der Waals surface area contributed by atoms with E-state index in [9.17, 15) is 0 Å². The first-order chi connectivity index (χ1) is 30.0. The maximum Gasteiger partial charge on any atom is 0.161 e. The Labute approximate surface area is 355 Å². The predicted molar refractivity (Wildman–Crippen MR) is 257 cm³/mol. The zero-order valence-electron chi connectivity index (χ0n) is 34.0. The summed E-state index contributed by atoms with van der Waals surface area (Å²) in [5.74, 6) is 0.709. The van der Waals surface area contributed by atoms with Gasteiger partial charge < -0.3 is 0 Å². The molecule has 12 rings (SSSR count). The van der Waals surface area contributed by atoms with E-state index in [2.05, 4.69) is 214 Å². The van der Waals surface area contributed by atoms with Gasteiger partial charge in [0.1, 0.15) is 0 Å². The molecule has 0 aliphatic heterocycles. The monoisotopic (exact) mass is 776 g/mol. The quantitative estimate of drug-likeness (QED) is 0.174. The second-order valence-electron chi connectivity index (χ2n) is 16.8. The van der Waals surface area contributed by atoms with Gasteiger partial charge in [-0.1, -0.05) is 208 Å². The van der Waals surface area contributed by atoms with Crippen LogP contribution in [0.1, 0.15) is 25.0 Å². The summed E-state index contributed by atoms with van der Waals surface area (Å²) in [5.41, 5.74) is 15.3. The van der Waals surface area contributed by atoms with Crippen molar-refractivity contribution in [2.45, 2.75) is 19.3 Å². The molecular formula is C59H40N2. The molecule has 2 heteroatoms. The molecule has 2 nitrogen and oxygen atoms in total. The Bertz CT molecular complexity index is 3560. The molecule has 0 bridgehead atoms. The van der Waals surface area contributed by atoms with Gasteiger partial charge in [0.25, 0.3) is 0 Å². The summed E-state index contributed by atoms with van der Waals surface area (Å²) in [5, 5.41) is 9.71. The van der Waals surface area contributed by atoms with E-state index in [1.807, 2.05) is 6.07 Å². The van der Waals surface area contributed by atoms with Crippen LogP contribution in [0.25, 0.3) is 110 Å². The molecule has 0 saturated carbocycles. The van der Waals surface area contributed by atoms with Crippen LogP contribution in [0, 0.1) is 0 Å². The minimum absolute atomic E-state index is 0.110. The molecule has 1 aliphatic carbocycles. The predicted octanol–water partition coefficient (Wildman–Crippen LogP) is 15.7. The van der Waals surface area contributed by atoms with E-state index < -0.39 is 0 Å². The molecule has 1 aromatic heterocycles. The van der Waals surface area contributed by atoms with Crippen LogP contribution in [0.3, 0.4) is 0 Å². The number of aromatic nitrogens is 2. The molecule has 0 saturated heterocycles. The van der Waals surface area contributed by atoms with E-state index in [0.717, 1.165) is 33.5 Å². The fraction of sp³-hybridized carbons (Fsp3) is 0.0508. The molecule has 1 aliphatic rings. The van der Waals surface area contributed by atoms with Crippen molar-refractivity contribution in [3.05, 3.63) is 217 Å². The summed E-state index contributed by atoms with van der Waals surface area (Å²) in [7, 11) is 0. The van der Waals surface area contributed by atoms with E-state index in [4.69, 9.17) is 9.97 Å². The maximum absolute atomic E-state index is 5.36. The molecule has 10 aromatic carbocycles. The van der Waals surface area contributed by atoms with Crippen molar-refractivity contribution in [1.82, 2.24) is 9.97 Å². The Morgan fingerprint density at radius 1 is 0.311 bits per heavy atom. The van der Waals surface area contributed by atoms with E-state index in [1.54, 1.807) is 0 Å². The standard InChI is InChI=1S/C59H40N2/c1-59(2)52-29-15-28-50(57(52)56-41-22-9-7-17-38(41)30-35-53(56)59)48-32-31-46(42-23-10-11-24-43(42)48)47-33-34-51(45-26-13-12-25-44(45)47)58-60-54(39-18-4-3-5-19-39)36-55(61-58)49-27-14-20-37-16-6-8-21-40(37)49/h3-36H,1-2H3. The van der Waals surface area contributed by atoms with Gasteiger partial charge in [0.15, 0.2) is 5.82 Å².